The van der Waals surface area contributed by atoms with Gasteiger partial charge in [0, 0.05) is 12.0 Å². The smallest absolute Gasteiger partial charge is 0.269 e. The Kier molecular flexibility index (Phi) is 6.47. The number of hydrogen-bond donors (Lipinski definition) is 2. The van der Waals surface area contributed by atoms with Crippen molar-refractivity contribution in [2.45, 2.75) is 32.8 Å². The standard InChI is InChI=1S/C17H24N2O6S/c1-11(2)25-14-5-4-13(9-15(14)24-3)17(21)19-18-16(20)8-12-6-7-26(22,23)10-12/h4-5,9,11-12H,6-8,10H2,1-3H3,(H,18,20)(H,19,21)/t12-/m1/s1. The first-order valence-corrected chi connectivity index (χ1v) is 10.2. The fraction of sp³-hybridized carbons (Fsp3) is 0.529. The molecule has 1 aliphatic heterocycles. The number of benzene rings is 1. The van der Waals surface area contributed by atoms with Crippen molar-refractivity contribution in [2.75, 3.05) is 18.6 Å². The van der Waals surface area contributed by atoms with Crippen LogP contribution in [-0.2, 0) is 14.6 Å². The van der Waals surface area contributed by atoms with E-state index in [1.807, 2.05) is 13.8 Å². The Bertz CT molecular complexity index is 775. The molecule has 1 fully saturated rings. The van der Waals surface area contributed by atoms with Gasteiger partial charge in [0.15, 0.2) is 21.3 Å². The number of rotatable bonds is 6. The van der Waals surface area contributed by atoms with Gasteiger partial charge in [-0.2, -0.15) is 0 Å². The van der Waals surface area contributed by atoms with Crippen molar-refractivity contribution in [1.82, 2.24) is 10.9 Å². The summed E-state index contributed by atoms with van der Waals surface area (Å²) < 4.78 is 33.6. The Hall–Kier alpha value is -2.29. The Balaban J connectivity index is 1.90. The quantitative estimate of drug-likeness (QED) is 0.710. The van der Waals surface area contributed by atoms with E-state index in [-0.39, 0.29) is 29.9 Å². The highest BCUT2D eigenvalue weighted by atomic mass is 32.2. The molecule has 0 aromatic heterocycles. The lowest BCUT2D eigenvalue weighted by atomic mass is 10.1. The van der Waals surface area contributed by atoms with E-state index in [1.54, 1.807) is 12.1 Å². The van der Waals surface area contributed by atoms with Crippen LogP contribution in [0.2, 0.25) is 0 Å². The second-order valence-corrected chi connectivity index (χ2v) is 8.74. The third-order valence-electron chi connectivity index (χ3n) is 3.90. The predicted octanol–water partition coefficient (Wildman–Crippen LogP) is 1.07. The van der Waals surface area contributed by atoms with Crippen molar-refractivity contribution in [1.29, 1.82) is 0 Å². The maximum Gasteiger partial charge on any atom is 0.269 e. The summed E-state index contributed by atoms with van der Waals surface area (Å²) in [7, 11) is -1.56. The number of hydrogen-bond acceptors (Lipinski definition) is 6. The molecule has 0 saturated carbocycles. The van der Waals surface area contributed by atoms with Gasteiger partial charge in [-0.25, -0.2) is 8.42 Å². The normalized spacial score (nSPS) is 18.4. The van der Waals surface area contributed by atoms with Crippen LogP contribution >= 0.6 is 0 Å². The molecule has 9 heteroatoms. The number of amides is 2. The largest absolute Gasteiger partial charge is 0.493 e. The highest BCUT2D eigenvalue weighted by Gasteiger charge is 2.29. The monoisotopic (exact) mass is 384 g/mol. The number of sulfone groups is 1. The molecule has 1 aromatic carbocycles. The molecule has 0 radical (unpaired) electrons. The van der Waals surface area contributed by atoms with E-state index in [4.69, 9.17) is 9.47 Å². The van der Waals surface area contributed by atoms with Crippen LogP contribution < -0.4 is 20.3 Å². The number of hydrazine groups is 1. The summed E-state index contributed by atoms with van der Waals surface area (Å²) in [6, 6.07) is 4.70. The topological polar surface area (TPSA) is 111 Å². The van der Waals surface area contributed by atoms with E-state index >= 15 is 0 Å². The minimum absolute atomic E-state index is 0.0167. The zero-order valence-electron chi connectivity index (χ0n) is 15.1. The van der Waals surface area contributed by atoms with Crippen molar-refractivity contribution in [3.63, 3.8) is 0 Å². The Morgan fingerprint density at radius 2 is 1.96 bits per heavy atom. The van der Waals surface area contributed by atoms with E-state index in [0.29, 0.717) is 23.5 Å². The molecule has 1 aromatic rings. The maximum atomic E-state index is 12.2. The van der Waals surface area contributed by atoms with Gasteiger partial charge < -0.3 is 9.47 Å². The molecule has 0 aliphatic carbocycles. The SMILES string of the molecule is COc1cc(C(=O)NNC(=O)C[C@H]2CCS(=O)(=O)C2)ccc1OC(C)C. The minimum Gasteiger partial charge on any atom is -0.493 e. The summed E-state index contributed by atoms with van der Waals surface area (Å²) in [5.74, 6) is -0.0760. The average Bonchev–Trinajstić information content (AvgIpc) is 2.91. The molecular formula is C17H24N2O6S. The lowest BCUT2D eigenvalue weighted by Crippen LogP contribution is -2.42. The van der Waals surface area contributed by atoms with E-state index in [1.165, 1.54) is 13.2 Å². The van der Waals surface area contributed by atoms with Gasteiger partial charge in [-0.3, -0.25) is 20.4 Å². The van der Waals surface area contributed by atoms with Crippen molar-refractivity contribution >= 4 is 21.7 Å². The van der Waals surface area contributed by atoms with Crippen molar-refractivity contribution in [3.8, 4) is 11.5 Å². The first-order valence-electron chi connectivity index (χ1n) is 8.34. The summed E-state index contributed by atoms with van der Waals surface area (Å²) in [5, 5.41) is 0. The zero-order valence-corrected chi connectivity index (χ0v) is 15.9. The second kappa shape index (κ2) is 8.39. The van der Waals surface area contributed by atoms with Gasteiger partial charge in [-0.15, -0.1) is 0 Å². The van der Waals surface area contributed by atoms with Gasteiger partial charge in [-0.1, -0.05) is 0 Å². The molecule has 2 N–H and O–H groups in total. The van der Waals surface area contributed by atoms with E-state index < -0.39 is 21.7 Å². The second-order valence-electron chi connectivity index (χ2n) is 6.51. The molecule has 1 atom stereocenters. The molecule has 1 heterocycles. The number of carbonyl (C=O) groups is 2. The summed E-state index contributed by atoms with van der Waals surface area (Å²) in [6.07, 6.45) is 0.490. The van der Waals surface area contributed by atoms with Crippen LogP contribution in [-0.4, -0.2) is 45.0 Å². The van der Waals surface area contributed by atoms with Crippen LogP contribution in [0.4, 0.5) is 0 Å². The van der Waals surface area contributed by atoms with Gasteiger partial charge in [-0.05, 0) is 44.4 Å². The van der Waals surface area contributed by atoms with Crippen LogP contribution in [0.1, 0.15) is 37.0 Å². The van der Waals surface area contributed by atoms with Gasteiger partial charge >= 0.3 is 0 Å². The van der Waals surface area contributed by atoms with E-state index in [2.05, 4.69) is 10.9 Å². The van der Waals surface area contributed by atoms with Crippen LogP contribution in [0, 0.1) is 5.92 Å². The fourth-order valence-corrected chi connectivity index (χ4v) is 4.57. The summed E-state index contributed by atoms with van der Waals surface area (Å²) in [5.41, 5.74) is 4.93. The van der Waals surface area contributed by atoms with Crippen molar-refractivity contribution < 1.29 is 27.5 Å². The Morgan fingerprint density at radius 1 is 1.23 bits per heavy atom. The molecule has 0 unspecified atom stereocenters. The fourth-order valence-electron chi connectivity index (χ4n) is 2.70. The Morgan fingerprint density at radius 3 is 2.54 bits per heavy atom. The van der Waals surface area contributed by atoms with E-state index in [9.17, 15) is 18.0 Å². The molecule has 1 saturated heterocycles. The van der Waals surface area contributed by atoms with Gasteiger partial charge in [0.25, 0.3) is 5.91 Å². The minimum atomic E-state index is -3.03. The first kappa shape index (κ1) is 20.0. The molecular weight excluding hydrogens is 360 g/mol. The summed E-state index contributed by atoms with van der Waals surface area (Å²) in [6.45, 7) is 3.76. The highest BCUT2D eigenvalue weighted by Crippen LogP contribution is 2.29. The maximum absolute atomic E-state index is 12.2. The molecule has 144 valence electrons. The molecule has 26 heavy (non-hydrogen) atoms. The molecule has 0 bridgehead atoms. The lowest BCUT2D eigenvalue weighted by Gasteiger charge is -2.15. The van der Waals surface area contributed by atoms with E-state index in [0.717, 1.165) is 0 Å². The number of methoxy groups -OCH3 is 1. The van der Waals surface area contributed by atoms with Crippen LogP contribution in [0.25, 0.3) is 0 Å². The average molecular weight is 384 g/mol. The van der Waals surface area contributed by atoms with Gasteiger partial charge in [0.05, 0.1) is 24.7 Å². The molecule has 2 amide bonds. The van der Waals surface area contributed by atoms with Crippen molar-refractivity contribution in [2.24, 2.45) is 5.92 Å². The van der Waals surface area contributed by atoms with Crippen LogP contribution in [0.5, 0.6) is 11.5 Å². The molecule has 1 aliphatic rings. The molecule has 2 rings (SSSR count). The summed E-state index contributed by atoms with van der Waals surface area (Å²) >= 11 is 0. The number of ether oxygens (including phenoxy) is 2. The molecule has 8 nitrogen and oxygen atoms in total. The van der Waals surface area contributed by atoms with Crippen LogP contribution in [0.15, 0.2) is 18.2 Å². The molecule has 0 spiro atoms. The first-order chi connectivity index (χ1) is 12.2. The number of carbonyl (C=O) groups excluding carboxylic acids is 2. The third-order valence-corrected chi connectivity index (χ3v) is 5.74. The zero-order chi connectivity index (χ0) is 19.3. The van der Waals surface area contributed by atoms with Gasteiger partial charge in [0.2, 0.25) is 5.91 Å². The highest BCUT2D eigenvalue weighted by molar-refractivity contribution is 7.91. The number of nitrogens with one attached hydrogen (secondary N) is 2. The summed E-state index contributed by atoms with van der Waals surface area (Å²) in [4.78, 5) is 24.1. The third kappa shape index (κ3) is 5.62. The Labute approximate surface area is 153 Å². The van der Waals surface area contributed by atoms with Crippen LogP contribution in [0.3, 0.4) is 0 Å². The van der Waals surface area contributed by atoms with Gasteiger partial charge in [0.1, 0.15) is 0 Å². The van der Waals surface area contributed by atoms with Crippen molar-refractivity contribution in [3.05, 3.63) is 23.8 Å². The predicted molar refractivity (Wildman–Crippen MR) is 95.7 cm³/mol. The lowest BCUT2D eigenvalue weighted by molar-refractivity contribution is -0.122.